The van der Waals surface area contributed by atoms with Crippen molar-refractivity contribution in [2.75, 3.05) is 0 Å². The molecular formula is C49H40O. The highest BCUT2D eigenvalue weighted by Crippen LogP contribution is 2.55. The lowest BCUT2D eigenvalue weighted by Crippen LogP contribution is -2.21. The van der Waals surface area contributed by atoms with Crippen LogP contribution in [0.3, 0.4) is 0 Å². The molecule has 0 N–H and O–H groups in total. The molecule has 7 aromatic rings. The van der Waals surface area contributed by atoms with Gasteiger partial charge in [-0.15, -0.1) is 0 Å². The lowest BCUT2D eigenvalue weighted by atomic mass is 9.79. The van der Waals surface area contributed by atoms with Crippen LogP contribution >= 0.6 is 0 Å². The van der Waals surface area contributed by atoms with Gasteiger partial charge in [0.15, 0.2) is 0 Å². The number of para-hydroxylation sites is 1. The van der Waals surface area contributed by atoms with Crippen LogP contribution in [0.4, 0.5) is 0 Å². The molecule has 1 heteroatoms. The van der Waals surface area contributed by atoms with Gasteiger partial charge in [0, 0.05) is 27.5 Å². The van der Waals surface area contributed by atoms with Gasteiger partial charge in [0.1, 0.15) is 11.2 Å². The van der Waals surface area contributed by atoms with E-state index in [0.717, 1.165) is 71.8 Å². The number of furan rings is 1. The smallest absolute Gasteiger partial charge is 0.143 e. The summed E-state index contributed by atoms with van der Waals surface area (Å²) in [5, 5.41) is 8.97. The summed E-state index contributed by atoms with van der Waals surface area (Å²) in [5.74, 6) is 0.107. The molecule has 1 nitrogen and oxygen atoms in total. The fraction of sp³-hybridized carbons (Fsp3) is 0.102. The van der Waals surface area contributed by atoms with Gasteiger partial charge in [-0.2, -0.15) is 0 Å². The van der Waals surface area contributed by atoms with Crippen molar-refractivity contribution in [2.24, 2.45) is 0 Å². The van der Waals surface area contributed by atoms with Crippen molar-refractivity contribution in [3.8, 4) is 0 Å². The maximum Gasteiger partial charge on any atom is 0.143 e. The summed E-state index contributed by atoms with van der Waals surface area (Å²) >= 11 is 0. The maximum absolute atomic E-state index is 6.60. The minimum absolute atomic E-state index is 0.107. The molecule has 1 aromatic heterocycles. The zero-order valence-electron chi connectivity index (χ0n) is 28.8. The van der Waals surface area contributed by atoms with Crippen LogP contribution in [0.25, 0.3) is 67.3 Å². The van der Waals surface area contributed by atoms with Crippen LogP contribution in [0.2, 0.25) is 0 Å². The third kappa shape index (κ3) is 5.09. The number of hydrogen-bond donors (Lipinski definition) is 0. The van der Waals surface area contributed by atoms with Gasteiger partial charge in [0.25, 0.3) is 0 Å². The fourth-order valence-electron chi connectivity index (χ4n) is 8.04. The molecule has 1 unspecified atom stereocenters. The Bertz CT molecular complexity index is 2730. The van der Waals surface area contributed by atoms with Crippen LogP contribution in [0.5, 0.6) is 0 Å². The molecule has 0 saturated carbocycles. The highest BCUT2D eigenvalue weighted by atomic mass is 16.3. The standard InChI is InChI=1S/C49H40O/c1-31-17-11-12-18-36(31)29-32(2)37-19-9-7-8-10-20-38(40-22-14-13-21-39(37)40)33(3)30-44-34(4)49(5,6)47-42(44)27-25-35-26-28-43-41-23-15-16-24-45(41)50-48(43)46(35)47/h7-29,44H,1-4,30H2,5-6H3/b8-7?,9-7?,10-8?,19-9?,20-10?,36-29-,37-19?,38-20?,39-37?,40-38?. The first-order valence-corrected chi connectivity index (χ1v) is 17.3. The first kappa shape index (κ1) is 31.4. The number of benzene rings is 5. The summed E-state index contributed by atoms with van der Waals surface area (Å²) in [6.45, 7) is 22.9. The van der Waals surface area contributed by atoms with Crippen LogP contribution < -0.4 is 10.4 Å². The van der Waals surface area contributed by atoms with Crippen LogP contribution in [0.15, 0.2) is 163 Å². The van der Waals surface area contributed by atoms with Gasteiger partial charge in [0.05, 0.1) is 0 Å². The molecule has 1 atom stereocenters. The minimum atomic E-state index is -0.256. The van der Waals surface area contributed by atoms with Crippen molar-refractivity contribution < 1.29 is 4.42 Å². The van der Waals surface area contributed by atoms with Crippen LogP contribution in [-0.2, 0) is 5.41 Å². The maximum atomic E-state index is 6.60. The van der Waals surface area contributed by atoms with E-state index in [0.29, 0.717) is 0 Å². The Kier molecular flexibility index (Phi) is 7.65. The zero-order valence-corrected chi connectivity index (χ0v) is 28.8. The first-order chi connectivity index (χ1) is 24.2. The van der Waals surface area contributed by atoms with Gasteiger partial charge in [-0.05, 0) is 84.6 Å². The molecule has 0 fully saturated rings. The molecule has 8 rings (SSSR count). The predicted molar refractivity (Wildman–Crippen MR) is 216 cm³/mol. The summed E-state index contributed by atoms with van der Waals surface area (Å²) in [5.41, 5.74) is 9.62. The summed E-state index contributed by atoms with van der Waals surface area (Å²) in [6, 6.07) is 46.8. The van der Waals surface area contributed by atoms with Crippen molar-refractivity contribution in [1.82, 2.24) is 0 Å². The molecule has 0 aliphatic heterocycles. The van der Waals surface area contributed by atoms with E-state index < -0.39 is 0 Å². The van der Waals surface area contributed by atoms with Crippen LogP contribution in [-0.4, -0.2) is 0 Å². The largest absolute Gasteiger partial charge is 0.455 e. The highest BCUT2D eigenvalue weighted by molar-refractivity contribution is 6.16. The molecule has 0 amide bonds. The summed E-state index contributed by atoms with van der Waals surface area (Å²) in [6.07, 6.45) is 2.88. The SMILES string of the molecule is C=C(/C=c1/ccccc1=C)c1ccccccc(C(=C)CC2C(=C)C(C)(C)c3c2ccc2ccc4c5ccccc5oc4c32)c2ccccc12. The quantitative estimate of drug-likeness (QED) is 0.170. The van der Waals surface area contributed by atoms with Crippen LogP contribution in [0.1, 0.15) is 48.4 Å². The van der Waals surface area contributed by atoms with Crippen LogP contribution in [0, 0.1) is 0 Å². The van der Waals surface area contributed by atoms with E-state index in [2.05, 4.69) is 142 Å². The molecule has 0 bridgehead atoms. The average molecular weight is 645 g/mol. The Balaban J connectivity index is 1.28. The molecule has 0 radical (unpaired) electrons. The Morgan fingerprint density at radius 3 is 2.04 bits per heavy atom. The molecule has 6 aromatic carbocycles. The second kappa shape index (κ2) is 12.2. The number of allylic oxidation sites excluding steroid dienone is 3. The number of hydrogen-bond acceptors (Lipinski definition) is 1. The lowest BCUT2D eigenvalue weighted by molar-refractivity contribution is 0.623. The summed E-state index contributed by atoms with van der Waals surface area (Å²) in [4.78, 5) is 0. The fourth-order valence-corrected chi connectivity index (χ4v) is 8.04. The molecule has 0 spiro atoms. The Morgan fingerprint density at radius 1 is 0.660 bits per heavy atom. The lowest BCUT2D eigenvalue weighted by Gasteiger charge is -2.24. The van der Waals surface area contributed by atoms with Crippen molar-refractivity contribution in [1.29, 1.82) is 0 Å². The van der Waals surface area contributed by atoms with Gasteiger partial charge >= 0.3 is 0 Å². The van der Waals surface area contributed by atoms with E-state index >= 15 is 0 Å². The molecule has 1 heterocycles. The summed E-state index contributed by atoms with van der Waals surface area (Å²) in [7, 11) is 0. The van der Waals surface area contributed by atoms with Gasteiger partial charge < -0.3 is 4.42 Å². The van der Waals surface area contributed by atoms with E-state index in [1.807, 2.05) is 24.3 Å². The summed E-state index contributed by atoms with van der Waals surface area (Å²) < 4.78 is 6.60. The molecule has 1 aliphatic carbocycles. The minimum Gasteiger partial charge on any atom is -0.455 e. The number of fused-ring (bicyclic) bond motifs is 8. The Labute approximate surface area is 293 Å². The topological polar surface area (TPSA) is 13.1 Å². The number of rotatable bonds is 5. The first-order valence-electron chi connectivity index (χ1n) is 17.3. The molecule has 50 heavy (non-hydrogen) atoms. The van der Waals surface area contributed by atoms with Crippen molar-refractivity contribution >= 4 is 67.3 Å². The third-order valence-electron chi connectivity index (χ3n) is 10.7. The van der Waals surface area contributed by atoms with Gasteiger partial charge in [-0.3, -0.25) is 0 Å². The van der Waals surface area contributed by atoms with E-state index in [1.165, 1.54) is 27.5 Å². The second-order valence-electron chi connectivity index (χ2n) is 14.0. The molecule has 0 saturated heterocycles. The third-order valence-corrected chi connectivity index (χ3v) is 10.7. The monoisotopic (exact) mass is 644 g/mol. The van der Waals surface area contributed by atoms with Gasteiger partial charge in [0.2, 0.25) is 0 Å². The van der Waals surface area contributed by atoms with Crippen molar-refractivity contribution in [2.45, 2.75) is 31.6 Å². The molecule has 1 aliphatic rings. The Hall–Kier alpha value is -5.92. The van der Waals surface area contributed by atoms with E-state index in [9.17, 15) is 0 Å². The molecule has 242 valence electrons. The predicted octanol–water partition coefficient (Wildman–Crippen LogP) is 12.0. The van der Waals surface area contributed by atoms with Crippen molar-refractivity contribution in [3.05, 3.63) is 191 Å². The Morgan fingerprint density at radius 2 is 1.28 bits per heavy atom. The van der Waals surface area contributed by atoms with Crippen molar-refractivity contribution in [3.63, 3.8) is 0 Å². The van der Waals surface area contributed by atoms with E-state index in [4.69, 9.17) is 17.6 Å². The average Bonchev–Trinajstić information content (AvgIpc) is 3.59. The second-order valence-corrected chi connectivity index (χ2v) is 14.0. The van der Waals surface area contributed by atoms with Gasteiger partial charge in [-0.25, -0.2) is 0 Å². The van der Waals surface area contributed by atoms with E-state index in [1.54, 1.807) is 0 Å². The molecular weight excluding hydrogens is 605 g/mol. The normalized spacial score (nSPS) is 15.4. The zero-order chi connectivity index (χ0) is 34.6. The highest BCUT2D eigenvalue weighted by Gasteiger charge is 2.42. The van der Waals surface area contributed by atoms with Gasteiger partial charge in [-0.1, -0.05) is 167 Å². The van der Waals surface area contributed by atoms with E-state index in [-0.39, 0.29) is 11.3 Å².